The first kappa shape index (κ1) is 17.5. The van der Waals surface area contributed by atoms with Gasteiger partial charge < -0.3 is 10.1 Å². The van der Waals surface area contributed by atoms with Crippen LogP contribution in [0.4, 0.5) is 0 Å². The Morgan fingerprint density at radius 1 is 1.30 bits per heavy atom. The molecule has 1 saturated heterocycles. The van der Waals surface area contributed by atoms with E-state index < -0.39 is 0 Å². The zero-order chi connectivity index (χ0) is 18.6. The lowest BCUT2D eigenvalue weighted by Crippen LogP contribution is -2.38. The van der Waals surface area contributed by atoms with Crippen LogP contribution in [0, 0.1) is 17.2 Å². The summed E-state index contributed by atoms with van der Waals surface area (Å²) in [5.41, 5.74) is 3.71. The molecule has 1 aliphatic rings. The summed E-state index contributed by atoms with van der Waals surface area (Å²) in [6.45, 7) is 4.21. The second-order valence-corrected chi connectivity index (χ2v) is 7.05. The van der Waals surface area contributed by atoms with E-state index in [1.807, 2.05) is 47.1 Å². The van der Waals surface area contributed by atoms with Gasteiger partial charge in [-0.25, -0.2) is 9.50 Å². The molecule has 1 aliphatic heterocycles. The number of nitrogens with zero attached hydrogens (tertiary/aromatic N) is 4. The van der Waals surface area contributed by atoms with Crippen molar-refractivity contribution in [3.05, 3.63) is 48.2 Å². The Hall–Kier alpha value is -2.91. The highest BCUT2D eigenvalue weighted by molar-refractivity contribution is 5.63. The van der Waals surface area contributed by atoms with Crippen molar-refractivity contribution < 1.29 is 4.74 Å². The van der Waals surface area contributed by atoms with Crippen LogP contribution in [0.15, 0.2) is 42.6 Å². The molecule has 3 heterocycles. The topological polar surface area (TPSA) is 75.2 Å². The fourth-order valence-corrected chi connectivity index (χ4v) is 3.57. The molecule has 1 fully saturated rings. The summed E-state index contributed by atoms with van der Waals surface area (Å²) >= 11 is 0. The van der Waals surface area contributed by atoms with Gasteiger partial charge in [0, 0.05) is 24.1 Å². The van der Waals surface area contributed by atoms with Crippen LogP contribution in [-0.2, 0) is 6.42 Å². The van der Waals surface area contributed by atoms with Gasteiger partial charge in [0.05, 0.1) is 24.4 Å². The molecule has 6 heteroatoms. The number of imidazole rings is 1. The van der Waals surface area contributed by atoms with E-state index in [0.29, 0.717) is 18.2 Å². The summed E-state index contributed by atoms with van der Waals surface area (Å²) in [4.78, 5) is 4.45. The molecule has 0 spiro atoms. The van der Waals surface area contributed by atoms with Gasteiger partial charge in [0.1, 0.15) is 6.10 Å². The third kappa shape index (κ3) is 3.79. The van der Waals surface area contributed by atoms with E-state index in [2.05, 4.69) is 28.4 Å². The van der Waals surface area contributed by atoms with Crippen LogP contribution in [0.5, 0.6) is 5.88 Å². The number of piperidine rings is 1. The molecule has 0 saturated carbocycles. The Morgan fingerprint density at radius 2 is 2.15 bits per heavy atom. The second kappa shape index (κ2) is 7.77. The maximum atomic E-state index is 8.82. The lowest BCUT2D eigenvalue weighted by Gasteiger charge is -2.28. The van der Waals surface area contributed by atoms with Gasteiger partial charge in [-0.2, -0.15) is 5.26 Å². The third-order valence-electron chi connectivity index (χ3n) is 5.18. The Labute approximate surface area is 158 Å². The number of nitriles is 1. The molecule has 2 unspecified atom stereocenters. The summed E-state index contributed by atoms with van der Waals surface area (Å²) in [6, 6.07) is 13.9. The van der Waals surface area contributed by atoms with Crippen molar-refractivity contribution in [3.8, 4) is 23.2 Å². The average Bonchev–Trinajstić information content (AvgIpc) is 3.13. The van der Waals surface area contributed by atoms with Gasteiger partial charge in [-0.3, -0.25) is 0 Å². The van der Waals surface area contributed by atoms with E-state index in [-0.39, 0.29) is 6.10 Å². The van der Waals surface area contributed by atoms with Crippen molar-refractivity contribution in [2.75, 3.05) is 13.1 Å². The molecule has 2 aromatic heterocycles. The molecule has 0 aliphatic carbocycles. The number of fused-ring (bicyclic) bond motifs is 1. The van der Waals surface area contributed by atoms with Gasteiger partial charge in [0.2, 0.25) is 5.88 Å². The molecule has 0 amide bonds. The Bertz CT molecular complexity index is 951. The van der Waals surface area contributed by atoms with E-state index in [1.54, 1.807) is 0 Å². The lowest BCUT2D eigenvalue weighted by atomic mass is 9.95. The van der Waals surface area contributed by atoms with E-state index in [1.165, 1.54) is 12.8 Å². The maximum absolute atomic E-state index is 8.82. The molecule has 27 heavy (non-hydrogen) atoms. The molecular formula is C21H23N5O. The number of aromatic nitrogens is 3. The Kier molecular flexibility index (Phi) is 5.03. The predicted octanol–water partition coefficient (Wildman–Crippen LogP) is 3.23. The monoisotopic (exact) mass is 361 g/mol. The first-order valence-corrected chi connectivity index (χ1v) is 9.43. The number of benzene rings is 1. The summed E-state index contributed by atoms with van der Waals surface area (Å²) in [5.74, 6) is 1.12. The normalized spacial score (nSPS) is 18.1. The van der Waals surface area contributed by atoms with Gasteiger partial charge in [0.15, 0.2) is 5.65 Å². The van der Waals surface area contributed by atoms with E-state index in [9.17, 15) is 0 Å². The van der Waals surface area contributed by atoms with Gasteiger partial charge in [-0.15, -0.1) is 5.10 Å². The molecule has 1 N–H and O–H groups in total. The largest absolute Gasteiger partial charge is 0.473 e. The van der Waals surface area contributed by atoms with Crippen LogP contribution in [-0.4, -0.2) is 33.8 Å². The Balaban J connectivity index is 1.58. The number of hydrogen-bond acceptors (Lipinski definition) is 5. The fourth-order valence-electron chi connectivity index (χ4n) is 3.57. The molecule has 138 valence electrons. The van der Waals surface area contributed by atoms with Crippen LogP contribution < -0.4 is 10.1 Å². The van der Waals surface area contributed by atoms with Crippen LogP contribution >= 0.6 is 0 Å². The van der Waals surface area contributed by atoms with Gasteiger partial charge >= 0.3 is 0 Å². The SMILES string of the molecule is CC(Oc1ccc2ncc(-c3ccc(CC#N)cc3)n2n1)C1CCCNC1. The number of nitrogens with one attached hydrogen (secondary N) is 1. The predicted molar refractivity (Wildman–Crippen MR) is 103 cm³/mol. The maximum Gasteiger partial charge on any atom is 0.232 e. The highest BCUT2D eigenvalue weighted by Gasteiger charge is 2.22. The summed E-state index contributed by atoms with van der Waals surface area (Å²) < 4.78 is 7.96. The van der Waals surface area contributed by atoms with Crippen LogP contribution in [0.25, 0.3) is 16.9 Å². The quantitative estimate of drug-likeness (QED) is 0.755. The number of rotatable bonds is 5. The van der Waals surface area contributed by atoms with Crippen LogP contribution in [0.2, 0.25) is 0 Å². The van der Waals surface area contributed by atoms with E-state index in [0.717, 1.165) is 35.6 Å². The zero-order valence-corrected chi connectivity index (χ0v) is 15.4. The minimum atomic E-state index is 0.111. The van der Waals surface area contributed by atoms with Crippen LogP contribution in [0.1, 0.15) is 25.3 Å². The minimum Gasteiger partial charge on any atom is -0.473 e. The first-order valence-electron chi connectivity index (χ1n) is 9.43. The van der Waals surface area contributed by atoms with Gasteiger partial charge in [0.25, 0.3) is 0 Å². The highest BCUT2D eigenvalue weighted by Crippen LogP contribution is 2.24. The molecule has 3 aromatic rings. The van der Waals surface area contributed by atoms with Crippen molar-refractivity contribution in [1.29, 1.82) is 5.26 Å². The smallest absolute Gasteiger partial charge is 0.232 e. The third-order valence-corrected chi connectivity index (χ3v) is 5.18. The van der Waals surface area contributed by atoms with E-state index >= 15 is 0 Å². The van der Waals surface area contributed by atoms with Gasteiger partial charge in [-0.1, -0.05) is 24.3 Å². The van der Waals surface area contributed by atoms with Crippen LogP contribution in [0.3, 0.4) is 0 Å². The number of hydrogen-bond donors (Lipinski definition) is 1. The summed E-state index contributed by atoms with van der Waals surface area (Å²) in [7, 11) is 0. The molecule has 6 nitrogen and oxygen atoms in total. The molecule has 0 radical (unpaired) electrons. The fraction of sp³-hybridized carbons (Fsp3) is 0.381. The molecule has 1 aromatic carbocycles. The summed E-state index contributed by atoms with van der Waals surface area (Å²) in [6.07, 6.45) is 4.72. The summed E-state index contributed by atoms with van der Waals surface area (Å²) in [5, 5.41) is 16.9. The van der Waals surface area contributed by atoms with Crippen molar-refractivity contribution in [2.24, 2.45) is 5.92 Å². The number of ether oxygens (including phenoxy) is 1. The Morgan fingerprint density at radius 3 is 2.89 bits per heavy atom. The molecule has 2 atom stereocenters. The van der Waals surface area contributed by atoms with Crippen molar-refractivity contribution in [2.45, 2.75) is 32.3 Å². The second-order valence-electron chi connectivity index (χ2n) is 7.05. The first-order chi connectivity index (χ1) is 13.2. The lowest BCUT2D eigenvalue weighted by molar-refractivity contribution is 0.124. The zero-order valence-electron chi connectivity index (χ0n) is 15.4. The molecule has 0 bridgehead atoms. The van der Waals surface area contributed by atoms with Crippen molar-refractivity contribution >= 4 is 5.65 Å². The standard InChI is InChI=1S/C21H23N5O/c1-15(18-3-2-12-23-13-18)27-21-9-8-20-24-14-19(26(20)25-21)17-6-4-16(5-7-17)10-11-22/h4-9,14-15,18,23H,2-3,10,12-13H2,1H3. The van der Waals surface area contributed by atoms with E-state index in [4.69, 9.17) is 10.00 Å². The van der Waals surface area contributed by atoms with Crippen molar-refractivity contribution in [1.82, 2.24) is 19.9 Å². The highest BCUT2D eigenvalue weighted by atomic mass is 16.5. The van der Waals surface area contributed by atoms with Crippen molar-refractivity contribution in [3.63, 3.8) is 0 Å². The molecular weight excluding hydrogens is 338 g/mol. The molecule has 4 rings (SSSR count). The minimum absolute atomic E-state index is 0.111. The average molecular weight is 361 g/mol. The van der Waals surface area contributed by atoms with Gasteiger partial charge in [-0.05, 0) is 37.9 Å².